The Morgan fingerprint density at radius 3 is 2.43 bits per heavy atom. The molecule has 0 aliphatic carbocycles. The van der Waals surface area contributed by atoms with E-state index in [9.17, 15) is 0 Å². The first-order valence-electron chi connectivity index (χ1n) is 11.8. The second kappa shape index (κ2) is 9.02. The molecule has 0 saturated heterocycles. The predicted octanol–water partition coefficient (Wildman–Crippen LogP) is 5.84. The molecule has 0 unspecified atom stereocenters. The fraction of sp³-hybridized carbons (Fsp3) is 0.143. The smallest absolute Gasteiger partial charge is 0.265 e. The van der Waals surface area contributed by atoms with Crippen molar-refractivity contribution < 1.29 is 0 Å². The van der Waals surface area contributed by atoms with Crippen LogP contribution in [0.3, 0.4) is 0 Å². The van der Waals surface area contributed by atoms with Gasteiger partial charge in [0.05, 0.1) is 11.7 Å². The lowest BCUT2D eigenvalue weighted by atomic mass is 10.2. The number of hydrazone groups is 1. The van der Waals surface area contributed by atoms with Gasteiger partial charge in [0.1, 0.15) is 5.52 Å². The maximum absolute atomic E-state index is 4.74. The van der Waals surface area contributed by atoms with Crippen molar-refractivity contribution in [1.29, 1.82) is 0 Å². The lowest BCUT2D eigenvalue weighted by Gasteiger charge is -2.05. The molecule has 7 nitrogen and oxygen atoms in total. The Morgan fingerprint density at radius 1 is 0.857 bits per heavy atom. The van der Waals surface area contributed by atoms with Crippen LogP contribution in [0.4, 0.5) is 5.95 Å². The topological polar surface area (TPSA) is 72.9 Å². The Kier molecular flexibility index (Phi) is 5.42. The van der Waals surface area contributed by atoms with Gasteiger partial charge in [0.2, 0.25) is 0 Å². The molecule has 6 aromatic rings. The van der Waals surface area contributed by atoms with E-state index < -0.39 is 0 Å². The number of para-hydroxylation sites is 2. The molecule has 35 heavy (non-hydrogen) atoms. The van der Waals surface area contributed by atoms with Crippen LogP contribution in [0.1, 0.15) is 24.5 Å². The first-order valence-corrected chi connectivity index (χ1v) is 11.8. The van der Waals surface area contributed by atoms with Crippen molar-refractivity contribution in [3.05, 3.63) is 96.2 Å². The van der Waals surface area contributed by atoms with Gasteiger partial charge < -0.3 is 9.13 Å². The van der Waals surface area contributed by atoms with Crippen molar-refractivity contribution in [2.75, 3.05) is 5.43 Å². The van der Waals surface area contributed by atoms with Crippen molar-refractivity contribution in [1.82, 2.24) is 24.3 Å². The molecule has 3 heterocycles. The Labute approximate surface area is 202 Å². The van der Waals surface area contributed by atoms with Crippen LogP contribution in [0, 0.1) is 0 Å². The van der Waals surface area contributed by atoms with Gasteiger partial charge in [-0.1, -0.05) is 73.7 Å². The molecule has 172 valence electrons. The third-order valence-corrected chi connectivity index (χ3v) is 6.20. The minimum absolute atomic E-state index is 0.377. The molecule has 0 spiro atoms. The summed E-state index contributed by atoms with van der Waals surface area (Å²) in [5, 5.41) is 15.4. The summed E-state index contributed by atoms with van der Waals surface area (Å²) < 4.78 is 4.45. The van der Waals surface area contributed by atoms with Gasteiger partial charge in [0.25, 0.3) is 5.95 Å². The van der Waals surface area contributed by atoms with Gasteiger partial charge in [-0.05, 0) is 24.1 Å². The molecular formula is C28H25N7. The number of fused-ring (bicyclic) bond motifs is 4. The first kappa shape index (κ1) is 21.0. The van der Waals surface area contributed by atoms with Gasteiger partial charge in [0.15, 0.2) is 5.65 Å². The number of aromatic nitrogens is 5. The van der Waals surface area contributed by atoms with Crippen LogP contribution in [-0.2, 0) is 13.1 Å². The number of anilines is 1. The van der Waals surface area contributed by atoms with E-state index in [0.29, 0.717) is 5.95 Å². The zero-order valence-electron chi connectivity index (χ0n) is 19.5. The number of aryl methyl sites for hydroxylation is 1. The van der Waals surface area contributed by atoms with Crippen molar-refractivity contribution >= 4 is 45.1 Å². The highest BCUT2D eigenvalue weighted by molar-refractivity contribution is 6.04. The quantitative estimate of drug-likeness (QED) is 0.240. The first-order chi connectivity index (χ1) is 17.3. The van der Waals surface area contributed by atoms with Crippen molar-refractivity contribution in [3.8, 4) is 0 Å². The summed E-state index contributed by atoms with van der Waals surface area (Å²) in [4.78, 5) is 4.74. The van der Waals surface area contributed by atoms with Crippen LogP contribution in [0.25, 0.3) is 33.0 Å². The van der Waals surface area contributed by atoms with Gasteiger partial charge in [-0.15, -0.1) is 10.2 Å². The maximum Gasteiger partial charge on any atom is 0.265 e. The largest absolute Gasteiger partial charge is 0.342 e. The van der Waals surface area contributed by atoms with Crippen LogP contribution in [0.5, 0.6) is 0 Å². The predicted molar refractivity (Wildman–Crippen MR) is 142 cm³/mol. The average Bonchev–Trinajstić information content (AvgIpc) is 3.40. The van der Waals surface area contributed by atoms with E-state index in [1.165, 1.54) is 11.1 Å². The van der Waals surface area contributed by atoms with E-state index in [1.54, 1.807) is 0 Å². The summed E-state index contributed by atoms with van der Waals surface area (Å²) in [7, 11) is 0. The van der Waals surface area contributed by atoms with Crippen LogP contribution in [0.15, 0.2) is 90.2 Å². The SMILES string of the molecule is CCCn1c2ccccc2c2nnc(N/N=C/c3cn(Cc4ccccc4)c4ccccc34)nc21. The van der Waals surface area contributed by atoms with E-state index in [0.717, 1.165) is 52.5 Å². The standard InChI is InChI=1S/C28H25N7/c1-2-16-35-25-15-9-7-13-23(25)26-27(35)30-28(33-31-26)32-29-17-21-19-34(18-20-10-4-3-5-11-20)24-14-8-6-12-22(21)24/h3-15,17,19H,2,16,18H2,1H3,(H,30,32,33)/b29-17+. The van der Waals surface area contributed by atoms with Crippen molar-refractivity contribution in [2.24, 2.45) is 5.10 Å². The minimum atomic E-state index is 0.377. The molecule has 0 saturated carbocycles. The number of hydrogen-bond acceptors (Lipinski definition) is 5. The Bertz CT molecular complexity index is 1660. The monoisotopic (exact) mass is 459 g/mol. The van der Waals surface area contributed by atoms with E-state index >= 15 is 0 Å². The second-order valence-corrected chi connectivity index (χ2v) is 8.56. The molecule has 0 amide bonds. The van der Waals surface area contributed by atoms with Gasteiger partial charge in [-0.3, -0.25) is 0 Å². The summed E-state index contributed by atoms with van der Waals surface area (Å²) in [6.07, 6.45) is 4.95. The van der Waals surface area contributed by atoms with Crippen LogP contribution < -0.4 is 5.43 Å². The molecule has 3 aromatic carbocycles. The van der Waals surface area contributed by atoms with Crippen molar-refractivity contribution in [2.45, 2.75) is 26.4 Å². The third kappa shape index (κ3) is 3.91. The van der Waals surface area contributed by atoms with E-state index in [2.05, 4.69) is 97.6 Å². The summed E-state index contributed by atoms with van der Waals surface area (Å²) in [6.45, 7) is 3.83. The fourth-order valence-electron chi connectivity index (χ4n) is 4.65. The Morgan fingerprint density at radius 2 is 1.60 bits per heavy atom. The molecule has 0 aliphatic rings. The summed E-state index contributed by atoms with van der Waals surface area (Å²) in [5.74, 6) is 0.377. The zero-order chi connectivity index (χ0) is 23.6. The average molecular weight is 460 g/mol. The highest BCUT2D eigenvalue weighted by atomic mass is 15.4. The molecule has 0 bridgehead atoms. The number of nitrogens with zero attached hydrogens (tertiary/aromatic N) is 6. The number of rotatable bonds is 7. The number of hydrogen-bond donors (Lipinski definition) is 1. The van der Waals surface area contributed by atoms with Crippen molar-refractivity contribution in [3.63, 3.8) is 0 Å². The van der Waals surface area contributed by atoms with Crippen LogP contribution in [0.2, 0.25) is 0 Å². The van der Waals surface area contributed by atoms with Crippen LogP contribution in [-0.4, -0.2) is 30.5 Å². The molecule has 0 fully saturated rings. The maximum atomic E-state index is 4.74. The summed E-state index contributed by atoms with van der Waals surface area (Å²) in [6, 6.07) is 27.0. The molecule has 0 aliphatic heterocycles. The van der Waals surface area contributed by atoms with Crippen LogP contribution >= 0.6 is 0 Å². The molecule has 1 N–H and O–H groups in total. The highest BCUT2D eigenvalue weighted by Crippen LogP contribution is 2.26. The fourth-order valence-corrected chi connectivity index (χ4v) is 4.65. The number of benzene rings is 3. The summed E-state index contributed by atoms with van der Waals surface area (Å²) in [5.41, 5.74) is 9.19. The van der Waals surface area contributed by atoms with E-state index in [1.807, 2.05) is 30.5 Å². The molecular weight excluding hydrogens is 434 g/mol. The normalized spacial score (nSPS) is 11.8. The van der Waals surface area contributed by atoms with Gasteiger partial charge in [-0.25, -0.2) is 5.43 Å². The summed E-state index contributed by atoms with van der Waals surface area (Å²) >= 11 is 0. The molecule has 0 radical (unpaired) electrons. The van der Waals surface area contributed by atoms with Gasteiger partial charge >= 0.3 is 0 Å². The lowest BCUT2D eigenvalue weighted by Crippen LogP contribution is -2.03. The second-order valence-electron chi connectivity index (χ2n) is 8.56. The van der Waals surface area contributed by atoms with E-state index in [-0.39, 0.29) is 0 Å². The van der Waals surface area contributed by atoms with Gasteiger partial charge in [0, 0.05) is 41.1 Å². The highest BCUT2D eigenvalue weighted by Gasteiger charge is 2.14. The number of nitrogens with one attached hydrogen (secondary N) is 1. The Hall–Kier alpha value is -4.52. The minimum Gasteiger partial charge on any atom is -0.342 e. The Balaban J connectivity index is 1.31. The molecule has 7 heteroatoms. The molecule has 0 atom stereocenters. The van der Waals surface area contributed by atoms with Gasteiger partial charge in [-0.2, -0.15) is 10.1 Å². The molecule has 3 aromatic heterocycles. The lowest BCUT2D eigenvalue weighted by molar-refractivity contribution is 0.716. The zero-order valence-corrected chi connectivity index (χ0v) is 19.5. The third-order valence-electron chi connectivity index (χ3n) is 6.20. The molecule has 6 rings (SSSR count). The van der Waals surface area contributed by atoms with E-state index in [4.69, 9.17) is 4.98 Å².